The molecule has 6 rings (SSSR count). The van der Waals surface area contributed by atoms with Gasteiger partial charge >= 0.3 is 0 Å². The van der Waals surface area contributed by atoms with Crippen molar-refractivity contribution in [1.82, 2.24) is 25.2 Å². The highest BCUT2D eigenvalue weighted by Gasteiger charge is 2.27. The second kappa shape index (κ2) is 9.87. The molecule has 1 aliphatic heterocycles. The number of H-pyrrole nitrogens is 1. The van der Waals surface area contributed by atoms with Crippen LogP contribution in [0.1, 0.15) is 36.0 Å². The van der Waals surface area contributed by atoms with Gasteiger partial charge in [-0.3, -0.25) is 9.69 Å². The number of ether oxygens (including phenoxy) is 1. The number of fused-ring (bicyclic) bond motifs is 3. The van der Waals surface area contributed by atoms with E-state index in [1.807, 2.05) is 24.3 Å². The summed E-state index contributed by atoms with van der Waals surface area (Å²) in [7, 11) is 1.64. The van der Waals surface area contributed by atoms with Crippen molar-refractivity contribution in [3.8, 4) is 11.1 Å². The average molecular weight is 485 g/mol. The van der Waals surface area contributed by atoms with Gasteiger partial charge in [-0.2, -0.15) is 0 Å². The summed E-state index contributed by atoms with van der Waals surface area (Å²) in [6, 6.07) is 15.2. The molecule has 1 amide bonds. The minimum Gasteiger partial charge on any atom is -0.379 e. The number of benzene rings is 2. The molecule has 4 aromatic rings. The zero-order chi connectivity index (χ0) is 24.5. The summed E-state index contributed by atoms with van der Waals surface area (Å²) in [5.74, 6) is 0.814. The van der Waals surface area contributed by atoms with E-state index in [-0.39, 0.29) is 5.91 Å². The van der Waals surface area contributed by atoms with Crippen molar-refractivity contribution in [3.05, 3.63) is 54.4 Å². The Hall–Kier alpha value is -3.49. The average Bonchev–Trinajstić information content (AvgIpc) is 3.32. The molecule has 1 saturated carbocycles. The highest BCUT2D eigenvalue weighted by atomic mass is 16.5. The number of rotatable bonds is 5. The molecule has 1 saturated heterocycles. The van der Waals surface area contributed by atoms with Crippen molar-refractivity contribution in [3.63, 3.8) is 0 Å². The van der Waals surface area contributed by atoms with Gasteiger partial charge in [-0.25, -0.2) is 9.97 Å². The number of anilines is 1. The zero-order valence-corrected chi connectivity index (χ0v) is 20.6. The maximum Gasteiger partial charge on any atom is 0.251 e. The molecule has 0 spiro atoms. The molecule has 2 fully saturated rings. The van der Waals surface area contributed by atoms with Crippen molar-refractivity contribution in [1.29, 1.82) is 0 Å². The molecule has 0 unspecified atom stereocenters. The van der Waals surface area contributed by atoms with Crippen LogP contribution in [0.2, 0.25) is 0 Å². The quantitative estimate of drug-likeness (QED) is 0.393. The van der Waals surface area contributed by atoms with Gasteiger partial charge in [-0.15, -0.1) is 0 Å². The molecule has 0 bridgehead atoms. The summed E-state index contributed by atoms with van der Waals surface area (Å²) in [6.45, 7) is 3.83. The number of hydrogen-bond donors (Lipinski definition) is 3. The number of carbonyl (C=O) groups is 1. The van der Waals surface area contributed by atoms with Crippen LogP contribution in [0.3, 0.4) is 0 Å². The van der Waals surface area contributed by atoms with E-state index in [9.17, 15) is 4.79 Å². The lowest BCUT2D eigenvalue weighted by Gasteiger charge is -2.39. The monoisotopic (exact) mass is 484 g/mol. The van der Waals surface area contributed by atoms with Crippen LogP contribution in [0.5, 0.6) is 0 Å². The third-order valence-corrected chi connectivity index (χ3v) is 7.70. The number of nitrogens with one attached hydrogen (secondary N) is 3. The van der Waals surface area contributed by atoms with Gasteiger partial charge < -0.3 is 20.4 Å². The molecular weight excluding hydrogens is 452 g/mol. The fraction of sp³-hybridized carbons (Fsp3) is 0.393. The number of hydrogen-bond acceptors (Lipinski definition) is 6. The van der Waals surface area contributed by atoms with Gasteiger partial charge in [-0.1, -0.05) is 18.2 Å². The molecule has 36 heavy (non-hydrogen) atoms. The molecule has 8 heteroatoms. The van der Waals surface area contributed by atoms with Gasteiger partial charge in [0, 0.05) is 48.7 Å². The number of aromatic nitrogens is 3. The predicted octanol–water partition coefficient (Wildman–Crippen LogP) is 4.19. The van der Waals surface area contributed by atoms with E-state index in [2.05, 4.69) is 48.7 Å². The summed E-state index contributed by atoms with van der Waals surface area (Å²) < 4.78 is 5.53. The Morgan fingerprint density at radius 3 is 2.50 bits per heavy atom. The number of morpholine rings is 1. The molecule has 3 N–H and O–H groups in total. The zero-order valence-electron chi connectivity index (χ0n) is 20.6. The molecule has 2 aromatic heterocycles. The summed E-state index contributed by atoms with van der Waals surface area (Å²) in [6.07, 6.45) is 6.32. The number of nitrogens with zero attached hydrogens (tertiary/aromatic N) is 3. The Morgan fingerprint density at radius 1 is 1.00 bits per heavy atom. The summed E-state index contributed by atoms with van der Waals surface area (Å²) in [4.78, 5) is 27.1. The van der Waals surface area contributed by atoms with Crippen molar-refractivity contribution >= 4 is 33.7 Å². The third-order valence-electron chi connectivity index (χ3n) is 7.70. The second-order valence-corrected chi connectivity index (χ2v) is 9.79. The molecular formula is C28H32N6O2. The lowest BCUT2D eigenvalue weighted by molar-refractivity contribution is 0.00791. The maximum absolute atomic E-state index is 11.9. The van der Waals surface area contributed by atoms with E-state index < -0.39 is 0 Å². The van der Waals surface area contributed by atoms with Crippen molar-refractivity contribution < 1.29 is 9.53 Å². The maximum atomic E-state index is 11.9. The van der Waals surface area contributed by atoms with E-state index in [4.69, 9.17) is 4.74 Å². The van der Waals surface area contributed by atoms with Gasteiger partial charge in [0.1, 0.15) is 17.8 Å². The molecule has 2 aliphatic rings. The summed E-state index contributed by atoms with van der Waals surface area (Å²) in [5, 5.41) is 8.55. The van der Waals surface area contributed by atoms with Crippen LogP contribution >= 0.6 is 0 Å². The fourth-order valence-electron chi connectivity index (χ4n) is 5.69. The first-order valence-electron chi connectivity index (χ1n) is 12.9. The normalized spacial score (nSPS) is 21.0. The van der Waals surface area contributed by atoms with Crippen molar-refractivity contribution in [2.24, 2.45) is 0 Å². The highest BCUT2D eigenvalue weighted by Crippen LogP contribution is 2.34. The minimum atomic E-state index is -0.0829. The molecule has 1 aliphatic carbocycles. The van der Waals surface area contributed by atoms with Crippen molar-refractivity contribution in [2.45, 2.75) is 37.8 Å². The van der Waals surface area contributed by atoms with Crippen LogP contribution < -0.4 is 10.6 Å². The third kappa shape index (κ3) is 4.42. The van der Waals surface area contributed by atoms with E-state index in [0.29, 0.717) is 17.6 Å². The second-order valence-electron chi connectivity index (χ2n) is 9.79. The van der Waals surface area contributed by atoms with E-state index >= 15 is 0 Å². The van der Waals surface area contributed by atoms with Gasteiger partial charge in [0.15, 0.2) is 0 Å². The van der Waals surface area contributed by atoms with Crippen LogP contribution in [0.25, 0.3) is 33.1 Å². The number of carbonyl (C=O) groups excluding carboxylic acids is 1. The molecule has 186 valence electrons. The Balaban J connectivity index is 1.25. The van der Waals surface area contributed by atoms with Crippen LogP contribution in [-0.4, -0.2) is 71.2 Å². The highest BCUT2D eigenvalue weighted by molar-refractivity contribution is 6.12. The van der Waals surface area contributed by atoms with Crippen molar-refractivity contribution in [2.75, 3.05) is 38.7 Å². The number of amides is 1. The summed E-state index contributed by atoms with van der Waals surface area (Å²) in [5.41, 5.74) is 4.68. The number of aromatic amines is 1. The smallest absolute Gasteiger partial charge is 0.251 e. The molecule has 2 aromatic carbocycles. The minimum absolute atomic E-state index is 0.0829. The van der Waals surface area contributed by atoms with Crippen LogP contribution in [-0.2, 0) is 4.74 Å². The largest absolute Gasteiger partial charge is 0.379 e. The van der Waals surface area contributed by atoms with Gasteiger partial charge in [0.25, 0.3) is 5.91 Å². The standard InChI is InChI=1S/C28H32N6O2/c1-29-28(35)19-4-2-18(3-5-19)20-6-11-24-23(16-20)25-26(30-17-31-27(25)33-24)32-21-7-9-22(10-8-21)34-12-14-36-15-13-34/h2-6,11,16-17,21-22H,7-10,12-15H2,1H3,(H,29,35)(H2,30,31,32,33)/t21-,22-. The van der Waals surface area contributed by atoms with Gasteiger partial charge in [0.2, 0.25) is 0 Å². The van der Waals surface area contributed by atoms with Crippen LogP contribution in [0.15, 0.2) is 48.8 Å². The van der Waals surface area contributed by atoms with E-state index in [0.717, 1.165) is 78.0 Å². The van der Waals surface area contributed by atoms with Crippen LogP contribution in [0, 0.1) is 0 Å². The Labute approximate surface area is 210 Å². The van der Waals surface area contributed by atoms with Gasteiger partial charge in [-0.05, 0) is 61.1 Å². The molecule has 0 atom stereocenters. The summed E-state index contributed by atoms with van der Waals surface area (Å²) >= 11 is 0. The molecule has 8 nitrogen and oxygen atoms in total. The topological polar surface area (TPSA) is 95.2 Å². The van der Waals surface area contributed by atoms with E-state index in [1.165, 1.54) is 12.8 Å². The predicted molar refractivity (Wildman–Crippen MR) is 142 cm³/mol. The Morgan fingerprint density at radius 2 is 1.75 bits per heavy atom. The fourth-order valence-corrected chi connectivity index (χ4v) is 5.69. The van der Waals surface area contributed by atoms with E-state index in [1.54, 1.807) is 13.4 Å². The lowest BCUT2D eigenvalue weighted by Crippen LogP contribution is -2.46. The first-order valence-corrected chi connectivity index (χ1v) is 12.9. The molecule has 3 heterocycles. The Bertz CT molecular complexity index is 1370. The van der Waals surface area contributed by atoms with Gasteiger partial charge in [0.05, 0.1) is 18.6 Å². The first-order chi connectivity index (χ1) is 17.7. The first kappa shape index (κ1) is 22.9. The Kier molecular flexibility index (Phi) is 6.29. The van der Waals surface area contributed by atoms with Crippen LogP contribution in [0.4, 0.5) is 5.82 Å². The lowest BCUT2D eigenvalue weighted by atomic mass is 9.90. The molecule has 0 radical (unpaired) electrons. The SMILES string of the molecule is CNC(=O)c1ccc(-c2ccc3[nH]c4ncnc(N[C@H]5CC[C@H](N6CCOCC6)CC5)c4c3c2)cc1.